The van der Waals surface area contributed by atoms with Gasteiger partial charge in [0.05, 0.1) is 11.5 Å². The van der Waals surface area contributed by atoms with Crippen LogP contribution in [0.4, 0.5) is 5.69 Å². The van der Waals surface area contributed by atoms with Gasteiger partial charge >= 0.3 is 5.97 Å². The van der Waals surface area contributed by atoms with Crippen molar-refractivity contribution in [2.45, 2.75) is 51.2 Å². The van der Waals surface area contributed by atoms with Crippen LogP contribution in [-0.4, -0.2) is 35.0 Å². The molecule has 0 saturated carbocycles. The third kappa shape index (κ3) is 7.40. The molecule has 0 heterocycles. The first-order valence-electron chi connectivity index (χ1n) is 8.16. The van der Waals surface area contributed by atoms with Crippen LogP contribution in [0.3, 0.4) is 0 Å². The van der Waals surface area contributed by atoms with Crippen LogP contribution in [0.5, 0.6) is 0 Å². The Hall–Kier alpha value is -2.13. The highest BCUT2D eigenvalue weighted by Gasteiger charge is 2.29. The van der Waals surface area contributed by atoms with E-state index in [1.807, 2.05) is 13.8 Å². The summed E-state index contributed by atoms with van der Waals surface area (Å²) in [5.41, 5.74) is -0.686. The number of nitrogens with one attached hydrogen (secondary N) is 2. The fraction of sp³-hybridized carbons (Fsp3) is 0.529. The van der Waals surface area contributed by atoms with Crippen molar-refractivity contribution in [3.05, 3.63) is 34.4 Å². The monoisotopic (exact) mass is 383 g/mol. The summed E-state index contributed by atoms with van der Waals surface area (Å²) in [6, 6.07) is 5.46. The lowest BCUT2D eigenvalue weighted by molar-refractivity contribution is -0.387. The number of rotatable bonds is 8. The molecule has 1 amide bonds. The molecule has 0 aliphatic rings. The summed E-state index contributed by atoms with van der Waals surface area (Å²) in [6.07, 6.45) is 0. The Bertz CT molecular complexity index is 658. The van der Waals surface area contributed by atoms with Crippen LogP contribution in [0.25, 0.3) is 0 Å². The number of benzene rings is 1. The number of esters is 1. The molecule has 144 valence electrons. The van der Waals surface area contributed by atoms with Crippen LogP contribution in [0, 0.1) is 16.0 Å². The predicted octanol–water partition coefficient (Wildman–Crippen LogP) is 2.67. The summed E-state index contributed by atoms with van der Waals surface area (Å²) < 4.78 is 8.10. The Morgan fingerprint density at radius 1 is 1.27 bits per heavy atom. The number of carbonyl (C=O) groups excluding carboxylic acids is 2. The third-order valence-corrected chi connectivity index (χ3v) is 3.97. The van der Waals surface area contributed by atoms with Gasteiger partial charge in [0.1, 0.15) is 16.5 Å². The van der Waals surface area contributed by atoms with Gasteiger partial charge in [-0.15, -0.1) is 0 Å². The molecule has 0 aromatic heterocycles. The summed E-state index contributed by atoms with van der Waals surface area (Å²) in [7, 11) is 0. The lowest BCUT2D eigenvalue weighted by Gasteiger charge is -2.26. The van der Waals surface area contributed by atoms with Crippen LogP contribution >= 0.6 is 11.9 Å². The molecule has 26 heavy (non-hydrogen) atoms. The lowest BCUT2D eigenvalue weighted by atomic mass is 10.0. The van der Waals surface area contributed by atoms with E-state index < -0.39 is 28.4 Å². The summed E-state index contributed by atoms with van der Waals surface area (Å²) in [6.45, 7) is 8.79. The zero-order valence-electron chi connectivity index (χ0n) is 15.6. The first kappa shape index (κ1) is 21.9. The molecule has 0 bridgehead atoms. The number of para-hydroxylation sites is 1. The number of amides is 1. The second-order valence-electron chi connectivity index (χ2n) is 6.97. The van der Waals surface area contributed by atoms with Gasteiger partial charge < -0.3 is 10.1 Å². The molecule has 1 atom stereocenters. The zero-order chi connectivity index (χ0) is 19.9. The molecule has 0 fully saturated rings. The van der Waals surface area contributed by atoms with Gasteiger partial charge in [-0.1, -0.05) is 26.0 Å². The maximum Gasteiger partial charge on any atom is 0.329 e. The topological polar surface area (TPSA) is 111 Å². The largest absolute Gasteiger partial charge is 0.458 e. The Morgan fingerprint density at radius 3 is 2.42 bits per heavy atom. The molecule has 0 saturated heterocycles. The molecule has 0 radical (unpaired) electrons. The minimum absolute atomic E-state index is 0.0424. The Labute approximate surface area is 157 Å². The summed E-state index contributed by atoms with van der Waals surface area (Å²) in [5.74, 6) is -1.04. The quantitative estimate of drug-likeness (QED) is 0.307. The van der Waals surface area contributed by atoms with Gasteiger partial charge in [0.25, 0.3) is 5.69 Å². The lowest BCUT2D eigenvalue weighted by Crippen LogP contribution is -2.49. The van der Waals surface area contributed by atoms with Crippen LogP contribution in [0.15, 0.2) is 29.2 Å². The molecular formula is C17H25N3O5S. The smallest absolute Gasteiger partial charge is 0.329 e. The van der Waals surface area contributed by atoms with E-state index in [0.717, 1.165) is 11.9 Å². The molecule has 9 heteroatoms. The highest BCUT2D eigenvalue weighted by atomic mass is 32.2. The first-order valence-corrected chi connectivity index (χ1v) is 8.98. The molecule has 2 N–H and O–H groups in total. The van der Waals surface area contributed by atoms with Crippen LogP contribution in [0.2, 0.25) is 0 Å². The number of carbonyl (C=O) groups is 2. The van der Waals surface area contributed by atoms with Gasteiger partial charge in [0.2, 0.25) is 5.91 Å². The van der Waals surface area contributed by atoms with Crippen LogP contribution in [0.1, 0.15) is 34.6 Å². The van der Waals surface area contributed by atoms with E-state index in [2.05, 4.69) is 10.0 Å². The minimum Gasteiger partial charge on any atom is -0.458 e. The van der Waals surface area contributed by atoms with Gasteiger partial charge in [-0.2, -0.15) is 0 Å². The second-order valence-corrected chi connectivity index (χ2v) is 7.90. The van der Waals surface area contributed by atoms with E-state index in [-0.39, 0.29) is 18.2 Å². The maximum absolute atomic E-state index is 12.2. The molecule has 0 spiro atoms. The van der Waals surface area contributed by atoms with Crippen molar-refractivity contribution in [3.8, 4) is 0 Å². The molecule has 1 aromatic rings. The number of ether oxygens (including phenoxy) is 1. The van der Waals surface area contributed by atoms with Crippen LogP contribution in [-0.2, 0) is 14.3 Å². The minimum atomic E-state index is -0.764. The molecule has 1 rings (SSSR count). The Kier molecular flexibility index (Phi) is 8.04. The van der Waals surface area contributed by atoms with Crippen molar-refractivity contribution < 1.29 is 19.2 Å². The van der Waals surface area contributed by atoms with Gasteiger partial charge in [0, 0.05) is 6.07 Å². The maximum atomic E-state index is 12.2. The molecular weight excluding hydrogens is 358 g/mol. The fourth-order valence-corrected chi connectivity index (χ4v) is 2.71. The van der Waals surface area contributed by atoms with Gasteiger partial charge in [-0.3, -0.25) is 19.6 Å². The van der Waals surface area contributed by atoms with Crippen molar-refractivity contribution in [2.24, 2.45) is 5.92 Å². The SMILES string of the molecule is CC(C)C(NC(=O)CNSc1ccccc1[N+](=O)[O-])C(=O)OC(C)(C)C. The number of nitrogens with zero attached hydrogens (tertiary/aromatic N) is 1. The Morgan fingerprint density at radius 2 is 1.88 bits per heavy atom. The van der Waals surface area contributed by atoms with Crippen molar-refractivity contribution in [3.63, 3.8) is 0 Å². The highest BCUT2D eigenvalue weighted by molar-refractivity contribution is 7.97. The number of hydrogen-bond donors (Lipinski definition) is 2. The highest BCUT2D eigenvalue weighted by Crippen LogP contribution is 2.26. The fourth-order valence-electron chi connectivity index (χ4n) is 1.96. The van der Waals surface area contributed by atoms with E-state index in [4.69, 9.17) is 4.74 Å². The van der Waals surface area contributed by atoms with Crippen molar-refractivity contribution in [2.75, 3.05) is 6.54 Å². The second kappa shape index (κ2) is 9.54. The molecule has 8 nitrogen and oxygen atoms in total. The van der Waals surface area contributed by atoms with E-state index in [1.165, 1.54) is 6.07 Å². The number of nitro groups is 1. The zero-order valence-corrected chi connectivity index (χ0v) is 16.4. The van der Waals surface area contributed by atoms with Crippen LogP contribution < -0.4 is 10.0 Å². The molecule has 0 aliphatic heterocycles. The average Bonchev–Trinajstić information content (AvgIpc) is 2.50. The van der Waals surface area contributed by atoms with Gasteiger partial charge in [-0.25, -0.2) is 4.79 Å². The van der Waals surface area contributed by atoms with E-state index in [9.17, 15) is 19.7 Å². The molecule has 1 aromatic carbocycles. The Balaban J connectivity index is 2.59. The number of hydrogen-bond acceptors (Lipinski definition) is 7. The van der Waals surface area contributed by atoms with E-state index in [0.29, 0.717) is 4.90 Å². The van der Waals surface area contributed by atoms with Crippen molar-refractivity contribution in [1.82, 2.24) is 10.0 Å². The summed E-state index contributed by atoms with van der Waals surface area (Å²) >= 11 is 0.989. The summed E-state index contributed by atoms with van der Waals surface area (Å²) in [4.78, 5) is 35.2. The average molecular weight is 383 g/mol. The molecule has 0 aliphatic carbocycles. The van der Waals surface area contributed by atoms with Crippen molar-refractivity contribution in [1.29, 1.82) is 0 Å². The normalized spacial score (nSPS) is 12.5. The first-order chi connectivity index (χ1) is 12.0. The standard InChI is InChI=1S/C17H25N3O5S/c1-11(2)15(16(22)25-17(3,4)5)19-14(21)10-18-26-13-9-7-6-8-12(13)20(23)24/h6-9,11,15,18H,10H2,1-5H3,(H,19,21). The summed E-state index contributed by atoms with van der Waals surface area (Å²) in [5, 5.41) is 13.6. The van der Waals surface area contributed by atoms with Gasteiger partial charge in [0.15, 0.2) is 0 Å². The molecule has 1 unspecified atom stereocenters. The predicted molar refractivity (Wildman–Crippen MR) is 99.6 cm³/mol. The van der Waals surface area contributed by atoms with Crippen molar-refractivity contribution >= 4 is 29.5 Å². The van der Waals surface area contributed by atoms with Gasteiger partial charge in [-0.05, 0) is 44.7 Å². The third-order valence-electron chi connectivity index (χ3n) is 3.12. The van der Waals surface area contributed by atoms with E-state index in [1.54, 1.807) is 39.0 Å². The van der Waals surface area contributed by atoms with E-state index >= 15 is 0 Å². The number of nitro benzene ring substituents is 1.